The zero-order valence-corrected chi connectivity index (χ0v) is 11.7. The molecular formula is C17H19N3. The molecule has 102 valence electrons. The number of nitrogens with two attached hydrogens (primary N) is 1. The number of aromatic nitrogens is 2. The van der Waals surface area contributed by atoms with Crippen molar-refractivity contribution in [2.45, 2.75) is 19.8 Å². The first-order valence-electron chi connectivity index (χ1n) is 6.98. The number of hydrogen-bond donors (Lipinski definition) is 2. The van der Waals surface area contributed by atoms with E-state index in [0.29, 0.717) is 6.54 Å². The van der Waals surface area contributed by atoms with Crippen molar-refractivity contribution in [2.24, 2.45) is 5.73 Å². The van der Waals surface area contributed by atoms with Gasteiger partial charge in [-0.15, -0.1) is 0 Å². The van der Waals surface area contributed by atoms with Gasteiger partial charge in [-0.1, -0.05) is 30.3 Å². The summed E-state index contributed by atoms with van der Waals surface area (Å²) in [6.07, 6.45) is 1.87. The lowest BCUT2D eigenvalue weighted by atomic mass is 10.0. The van der Waals surface area contributed by atoms with Crippen molar-refractivity contribution in [3.63, 3.8) is 0 Å². The number of rotatable bonds is 4. The Balaban J connectivity index is 1.86. The van der Waals surface area contributed by atoms with Crippen LogP contribution in [0.1, 0.15) is 22.5 Å². The zero-order valence-electron chi connectivity index (χ0n) is 11.7. The lowest BCUT2D eigenvalue weighted by Gasteiger charge is -2.05. The standard InChI is InChI=1S/C17H19N3/c1-12-19-16-6-5-15(11-17(16)20-12)10-14-4-2-3-13(9-14)7-8-18/h2-6,9,11H,7-8,10,18H2,1H3,(H,19,20). The molecule has 0 aliphatic rings. The van der Waals surface area contributed by atoms with Crippen molar-refractivity contribution in [1.82, 2.24) is 9.97 Å². The van der Waals surface area contributed by atoms with E-state index in [1.807, 2.05) is 6.92 Å². The Bertz CT molecular complexity index is 728. The summed E-state index contributed by atoms with van der Waals surface area (Å²) in [4.78, 5) is 7.72. The fourth-order valence-corrected chi connectivity index (χ4v) is 2.59. The summed E-state index contributed by atoms with van der Waals surface area (Å²) < 4.78 is 0. The minimum Gasteiger partial charge on any atom is -0.342 e. The number of fused-ring (bicyclic) bond motifs is 1. The summed E-state index contributed by atoms with van der Waals surface area (Å²) >= 11 is 0. The van der Waals surface area contributed by atoms with Crippen molar-refractivity contribution in [1.29, 1.82) is 0 Å². The van der Waals surface area contributed by atoms with Crippen LogP contribution in [-0.2, 0) is 12.8 Å². The molecule has 0 aliphatic carbocycles. The van der Waals surface area contributed by atoms with E-state index < -0.39 is 0 Å². The van der Waals surface area contributed by atoms with Gasteiger partial charge >= 0.3 is 0 Å². The van der Waals surface area contributed by atoms with E-state index in [4.69, 9.17) is 5.73 Å². The van der Waals surface area contributed by atoms with E-state index in [0.717, 1.165) is 29.7 Å². The number of H-pyrrole nitrogens is 1. The van der Waals surface area contributed by atoms with Crippen LogP contribution in [-0.4, -0.2) is 16.5 Å². The maximum Gasteiger partial charge on any atom is 0.104 e. The molecule has 20 heavy (non-hydrogen) atoms. The second kappa shape index (κ2) is 5.47. The zero-order chi connectivity index (χ0) is 13.9. The number of imidazole rings is 1. The summed E-state index contributed by atoms with van der Waals surface area (Å²) in [6.45, 7) is 2.68. The average Bonchev–Trinajstić information content (AvgIpc) is 2.79. The van der Waals surface area contributed by atoms with Crippen LogP contribution in [0, 0.1) is 6.92 Å². The lowest BCUT2D eigenvalue weighted by Crippen LogP contribution is -2.03. The predicted octanol–water partition coefficient (Wildman–Crippen LogP) is 2.96. The monoisotopic (exact) mass is 265 g/mol. The Morgan fingerprint density at radius 2 is 1.85 bits per heavy atom. The van der Waals surface area contributed by atoms with E-state index in [2.05, 4.69) is 52.4 Å². The Morgan fingerprint density at radius 1 is 1.05 bits per heavy atom. The van der Waals surface area contributed by atoms with Crippen LogP contribution in [0.25, 0.3) is 11.0 Å². The molecule has 0 aliphatic heterocycles. The number of aryl methyl sites for hydroxylation is 1. The van der Waals surface area contributed by atoms with Gasteiger partial charge < -0.3 is 10.7 Å². The molecule has 0 saturated carbocycles. The van der Waals surface area contributed by atoms with Crippen LogP contribution in [0.2, 0.25) is 0 Å². The van der Waals surface area contributed by atoms with Crippen molar-refractivity contribution in [3.8, 4) is 0 Å². The SMILES string of the molecule is Cc1nc2ccc(Cc3cccc(CCN)c3)cc2[nH]1. The second-order valence-corrected chi connectivity index (χ2v) is 5.21. The highest BCUT2D eigenvalue weighted by molar-refractivity contribution is 5.75. The number of hydrogen-bond acceptors (Lipinski definition) is 2. The number of nitrogens with one attached hydrogen (secondary N) is 1. The first kappa shape index (κ1) is 12.9. The van der Waals surface area contributed by atoms with Crippen LogP contribution in [0.3, 0.4) is 0 Å². The molecule has 0 radical (unpaired) electrons. The molecule has 2 aromatic carbocycles. The molecule has 0 amide bonds. The molecule has 3 aromatic rings. The van der Waals surface area contributed by atoms with Gasteiger partial charge in [0.2, 0.25) is 0 Å². The van der Waals surface area contributed by atoms with Gasteiger partial charge in [0.25, 0.3) is 0 Å². The van der Waals surface area contributed by atoms with Gasteiger partial charge in [0.15, 0.2) is 0 Å². The third kappa shape index (κ3) is 2.73. The Labute approximate surface area is 118 Å². The van der Waals surface area contributed by atoms with Gasteiger partial charge in [0, 0.05) is 0 Å². The van der Waals surface area contributed by atoms with Crippen LogP contribution in [0.4, 0.5) is 0 Å². The fraction of sp³-hybridized carbons (Fsp3) is 0.235. The third-order valence-corrected chi connectivity index (χ3v) is 3.50. The average molecular weight is 265 g/mol. The van der Waals surface area contributed by atoms with E-state index in [1.54, 1.807) is 0 Å². The van der Waals surface area contributed by atoms with Gasteiger partial charge in [0.1, 0.15) is 5.82 Å². The molecule has 0 atom stereocenters. The maximum absolute atomic E-state index is 5.62. The second-order valence-electron chi connectivity index (χ2n) is 5.21. The fourth-order valence-electron chi connectivity index (χ4n) is 2.59. The van der Waals surface area contributed by atoms with Crippen LogP contribution < -0.4 is 5.73 Å². The summed E-state index contributed by atoms with van der Waals surface area (Å²) in [5.74, 6) is 0.960. The Hall–Kier alpha value is -2.13. The molecule has 0 fully saturated rings. The van der Waals surface area contributed by atoms with Crippen molar-refractivity contribution >= 4 is 11.0 Å². The highest BCUT2D eigenvalue weighted by Gasteiger charge is 2.02. The first-order chi connectivity index (χ1) is 9.74. The summed E-state index contributed by atoms with van der Waals surface area (Å²) in [7, 11) is 0. The highest BCUT2D eigenvalue weighted by atomic mass is 14.9. The van der Waals surface area contributed by atoms with E-state index in [-0.39, 0.29) is 0 Å². The molecule has 3 rings (SSSR count). The first-order valence-corrected chi connectivity index (χ1v) is 6.98. The van der Waals surface area contributed by atoms with Crippen molar-refractivity contribution < 1.29 is 0 Å². The summed E-state index contributed by atoms with van der Waals surface area (Å²) in [5, 5.41) is 0. The quantitative estimate of drug-likeness (QED) is 0.762. The van der Waals surface area contributed by atoms with Crippen LogP contribution >= 0.6 is 0 Å². The van der Waals surface area contributed by atoms with Gasteiger partial charge in [-0.3, -0.25) is 0 Å². The van der Waals surface area contributed by atoms with E-state index >= 15 is 0 Å². The Kier molecular flexibility index (Phi) is 3.52. The molecule has 0 bridgehead atoms. The molecular weight excluding hydrogens is 246 g/mol. The maximum atomic E-state index is 5.62. The number of benzene rings is 2. The van der Waals surface area contributed by atoms with Gasteiger partial charge in [0.05, 0.1) is 11.0 Å². The lowest BCUT2D eigenvalue weighted by molar-refractivity contribution is 0.964. The highest BCUT2D eigenvalue weighted by Crippen LogP contribution is 2.17. The van der Waals surface area contributed by atoms with Gasteiger partial charge in [-0.2, -0.15) is 0 Å². The molecule has 3 N–H and O–H groups in total. The van der Waals surface area contributed by atoms with Crippen LogP contribution in [0.5, 0.6) is 0 Å². The third-order valence-electron chi connectivity index (χ3n) is 3.50. The molecule has 0 spiro atoms. The number of aromatic amines is 1. The molecule has 3 nitrogen and oxygen atoms in total. The predicted molar refractivity (Wildman–Crippen MR) is 82.8 cm³/mol. The van der Waals surface area contributed by atoms with E-state index in [9.17, 15) is 0 Å². The topological polar surface area (TPSA) is 54.7 Å². The summed E-state index contributed by atoms with van der Waals surface area (Å²) in [6, 6.07) is 15.1. The van der Waals surface area contributed by atoms with Gasteiger partial charge in [-0.25, -0.2) is 4.98 Å². The molecule has 3 heteroatoms. The smallest absolute Gasteiger partial charge is 0.104 e. The largest absolute Gasteiger partial charge is 0.342 e. The molecule has 1 aromatic heterocycles. The molecule has 0 saturated heterocycles. The van der Waals surface area contributed by atoms with Crippen LogP contribution in [0.15, 0.2) is 42.5 Å². The van der Waals surface area contributed by atoms with Gasteiger partial charge in [-0.05, 0) is 55.1 Å². The van der Waals surface area contributed by atoms with Crippen molar-refractivity contribution in [3.05, 3.63) is 65.0 Å². The summed E-state index contributed by atoms with van der Waals surface area (Å²) in [5.41, 5.74) is 11.7. The molecule has 1 heterocycles. The minimum atomic E-state index is 0.697. The number of nitrogens with zero attached hydrogens (tertiary/aromatic N) is 1. The minimum absolute atomic E-state index is 0.697. The van der Waals surface area contributed by atoms with E-state index in [1.165, 1.54) is 16.7 Å². The van der Waals surface area contributed by atoms with Crippen molar-refractivity contribution in [2.75, 3.05) is 6.54 Å². The normalized spacial score (nSPS) is 11.1. The molecule has 0 unspecified atom stereocenters. The Morgan fingerprint density at radius 3 is 2.70 bits per heavy atom.